The lowest BCUT2D eigenvalue weighted by Crippen LogP contribution is -2.29. The fourth-order valence-electron chi connectivity index (χ4n) is 3.88. The quantitative estimate of drug-likeness (QED) is 0.140. The number of Topliss-reactive ketones (excluding diaryl/α,β-unsaturated/α-hetero) is 1. The number of aliphatic hydroxyl groups is 1. The third-order valence-electron chi connectivity index (χ3n) is 5.56. The second kappa shape index (κ2) is 11.0. The Bertz CT molecular complexity index is 1390. The molecule has 1 unspecified atom stereocenters. The van der Waals surface area contributed by atoms with Gasteiger partial charge in [-0.15, -0.1) is 0 Å². The van der Waals surface area contributed by atoms with E-state index in [4.69, 9.17) is 9.47 Å². The van der Waals surface area contributed by atoms with Crippen LogP contribution in [0.2, 0.25) is 0 Å². The molecule has 1 aromatic heterocycles. The third kappa shape index (κ3) is 5.07. The predicted molar refractivity (Wildman–Crippen MR) is 141 cm³/mol. The van der Waals surface area contributed by atoms with Crippen molar-refractivity contribution in [3.05, 3.63) is 107 Å². The first-order chi connectivity index (χ1) is 17.9. The number of nitrogens with zero attached hydrogens (tertiary/aromatic N) is 2. The molecule has 37 heavy (non-hydrogen) atoms. The van der Waals surface area contributed by atoms with Crippen molar-refractivity contribution in [1.82, 2.24) is 4.98 Å². The lowest BCUT2D eigenvalue weighted by Gasteiger charge is -2.23. The van der Waals surface area contributed by atoms with Crippen LogP contribution in [0.5, 0.6) is 5.75 Å². The van der Waals surface area contributed by atoms with Gasteiger partial charge in [0.15, 0.2) is 5.13 Å². The van der Waals surface area contributed by atoms with Crippen LogP contribution in [0.3, 0.4) is 0 Å². The van der Waals surface area contributed by atoms with Gasteiger partial charge in [-0.25, -0.2) is 9.78 Å². The van der Waals surface area contributed by atoms with Gasteiger partial charge in [-0.05, 0) is 36.8 Å². The molecule has 8 nitrogen and oxygen atoms in total. The van der Waals surface area contributed by atoms with Crippen molar-refractivity contribution in [2.24, 2.45) is 0 Å². The molecule has 188 valence electrons. The molecule has 0 radical (unpaired) electrons. The van der Waals surface area contributed by atoms with Gasteiger partial charge in [0.1, 0.15) is 29.6 Å². The monoisotopic (exact) mass is 516 g/mol. The van der Waals surface area contributed by atoms with E-state index in [2.05, 4.69) is 18.1 Å². The Morgan fingerprint density at radius 3 is 2.41 bits per heavy atom. The first kappa shape index (κ1) is 25.6. The summed E-state index contributed by atoms with van der Waals surface area (Å²) in [6, 6.07) is 14.4. The van der Waals surface area contributed by atoms with E-state index in [9.17, 15) is 19.5 Å². The van der Waals surface area contributed by atoms with Gasteiger partial charge in [0.25, 0.3) is 5.78 Å². The average Bonchev–Trinajstić information content (AvgIpc) is 3.43. The maximum absolute atomic E-state index is 13.3. The van der Waals surface area contributed by atoms with Gasteiger partial charge < -0.3 is 14.6 Å². The van der Waals surface area contributed by atoms with E-state index < -0.39 is 23.7 Å². The minimum absolute atomic E-state index is 0.0253. The van der Waals surface area contributed by atoms with E-state index >= 15 is 0 Å². The molecule has 2 heterocycles. The van der Waals surface area contributed by atoms with Crippen molar-refractivity contribution in [2.75, 3.05) is 18.1 Å². The molecular weight excluding hydrogens is 492 g/mol. The van der Waals surface area contributed by atoms with Crippen LogP contribution in [0, 0.1) is 6.92 Å². The fraction of sp³-hybridized carbons (Fsp3) is 0.143. The number of aryl methyl sites for hydroxylation is 1. The smallest absolute Gasteiger partial charge is 0.350 e. The number of ketones is 1. The highest BCUT2D eigenvalue weighted by Gasteiger charge is 2.48. The van der Waals surface area contributed by atoms with Crippen molar-refractivity contribution in [2.45, 2.75) is 13.0 Å². The van der Waals surface area contributed by atoms with Gasteiger partial charge in [0.2, 0.25) is 0 Å². The van der Waals surface area contributed by atoms with Crippen molar-refractivity contribution in [3.63, 3.8) is 0 Å². The minimum Gasteiger partial charge on any atom is -0.507 e. The summed E-state index contributed by atoms with van der Waals surface area (Å²) in [5.41, 5.74) is 1.21. The summed E-state index contributed by atoms with van der Waals surface area (Å²) >= 11 is 0.943. The summed E-state index contributed by atoms with van der Waals surface area (Å²) in [5, 5.41) is 11.4. The number of hydrogen-bond donors (Lipinski definition) is 1. The molecule has 0 saturated carbocycles. The molecule has 9 heteroatoms. The lowest BCUT2D eigenvalue weighted by molar-refractivity contribution is -0.132. The normalized spacial score (nSPS) is 16.5. The fourth-order valence-corrected chi connectivity index (χ4v) is 4.86. The van der Waals surface area contributed by atoms with Gasteiger partial charge in [-0.3, -0.25) is 14.5 Å². The van der Waals surface area contributed by atoms with Crippen LogP contribution in [0.1, 0.15) is 32.5 Å². The van der Waals surface area contributed by atoms with Crippen molar-refractivity contribution >= 4 is 39.9 Å². The Hall–Kier alpha value is -4.50. The zero-order valence-corrected chi connectivity index (χ0v) is 20.9. The molecule has 1 aliphatic rings. The Morgan fingerprint density at radius 2 is 1.76 bits per heavy atom. The van der Waals surface area contributed by atoms with E-state index in [0.717, 1.165) is 11.3 Å². The third-order valence-corrected chi connectivity index (χ3v) is 6.70. The first-order valence-electron chi connectivity index (χ1n) is 11.3. The highest BCUT2D eigenvalue weighted by Crippen LogP contribution is 2.44. The van der Waals surface area contributed by atoms with Gasteiger partial charge >= 0.3 is 11.9 Å². The predicted octanol–water partition coefficient (Wildman–Crippen LogP) is 4.99. The van der Waals surface area contributed by atoms with Crippen LogP contribution in [0.15, 0.2) is 85.5 Å². The van der Waals surface area contributed by atoms with E-state index in [1.54, 1.807) is 67.6 Å². The number of benzene rings is 2. The molecule has 2 aromatic carbocycles. The number of carbonyl (C=O) groups is 3. The molecule has 0 bridgehead atoms. The van der Waals surface area contributed by atoms with Gasteiger partial charge in [-0.2, -0.15) is 0 Å². The average molecular weight is 517 g/mol. The van der Waals surface area contributed by atoms with Crippen LogP contribution in [0.4, 0.5) is 5.13 Å². The lowest BCUT2D eigenvalue weighted by atomic mass is 9.95. The van der Waals surface area contributed by atoms with Gasteiger partial charge in [-0.1, -0.05) is 67.0 Å². The maximum atomic E-state index is 13.3. The highest BCUT2D eigenvalue weighted by molar-refractivity contribution is 7.17. The summed E-state index contributed by atoms with van der Waals surface area (Å²) in [5.74, 6) is -2.09. The number of aliphatic hydroxyl groups excluding tert-OH is 1. The number of carbonyl (C=O) groups excluding carboxylic acids is 3. The molecule has 1 amide bonds. The van der Waals surface area contributed by atoms with Crippen LogP contribution >= 0.6 is 11.3 Å². The molecule has 3 aromatic rings. The second-order valence-corrected chi connectivity index (χ2v) is 8.98. The van der Waals surface area contributed by atoms with Crippen molar-refractivity contribution < 1.29 is 29.0 Å². The highest BCUT2D eigenvalue weighted by atomic mass is 32.1. The molecule has 1 N–H and O–H groups in total. The van der Waals surface area contributed by atoms with Crippen molar-refractivity contribution in [1.29, 1.82) is 0 Å². The van der Waals surface area contributed by atoms with Crippen LogP contribution in [-0.2, 0) is 14.3 Å². The number of esters is 1. The number of ether oxygens (including phenoxy) is 2. The second-order valence-electron chi connectivity index (χ2n) is 8.00. The van der Waals surface area contributed by atoms with E-state index in [-0.39, 0.29) is 27.9 Å². The summed E-state index contributed by atoms with van der Waals surface area (Å²) in [4.78, 5) is 44.9. The summed E-state index contributed by atoms with van der Waals surface area (Å²) in [6.45, 7) is 9.10. The van der Waals surface area contributed by atoms with Crippen LogP contribution < -0.4 is 9.64 Å². The zero-order valence-electron chi connectivity index (χ0n) is 20.0. The zero-order chi connectivity index (χ0) is 26.5. The van der Waals surface area contributed by atoms with Crippen molar-refractivity contribution in [3.8, 4) is 5.75 Å². The first-order valence-corrected chi connectivity index (χ1v) is 12.1. The van der Waals surface area contributed by atoms with E-state index in [1.807, 2.05) is 0 Å². The molecule has 0 aliphatic carbocycles. The number of aromatic nitrogens is 1. The summed E-state index contributed by atoms with van der Waals surface area (Å²) < 4.78 is 10.6. The Kier molecular flexibility index (Phi) is 7.64. The topological polar surface area (TPSA) is 106 Å². The van der Waals surface area contributed by atoms with Crippen LogP contribution in [0.25, 0.3) is 5.76 Å². The SMILES string of the molecule is C=CCOC(=O)c1sc(N2C(=O)C(=O)/C(=C(/O)c3ccc(OCC=C)cc3)C2c2ccccc2)nc1C. The number of amides is 1. The largest absolute Gasteiger partial charge is 0.507 e. The van der Waals surface area contributed by atoms with Crippen LogP contribution in [-0.4, -0.2) is 41.0 Å². The molecule has 1 fully saturated rings. The molecule has 1 saturated heterocycles. The number of anilines is 1. The molecule has 1 atom stereocenters. The maximum Gasteiger partial charge on any atom is 0.350 e. The number of rotatable bonds is 9. The number of hydrogen-bond acceptors (Lipinski definition) is 8. The van der Waals surface area contributed by atoms with Gasteiger partial charge in [0.05, 0.1) is 17.3 Å². The van der Waals surface area contributed by atoms with E-state index in [0.29, 0.717) is 29.2 Å². The molecular formula is C28H24N2O6S. The standard InChI is InChI=1S/C28H24N2O6S/c1-4-15-35-20-13-11-19(12-14-20)23(31)21-22(18-9-7-6-8-10-18)30(26(33)24(21)32)28-29-17(3)25(37-28)27(34)36-16-5-2/h4-14,22,31H,1-2,15-16H2,3H3/b23-21+. The minimum atomic E-state index is -0.958. The molecule has 1 aliphatic heterocycles. The number of thiazole rings is 1. The van der Waals surface area contributed by atoms with Gasteiger partial charge in [0, 0.05) is 5.56 Å². The summed E-state index contributed by atoms with van der Waals surface area (Å²) in [7, 11) is 0. The Morgan fingerprint density at radius 1 is 1.08 bits per heavy atom. The Balaban J connectivity index is 1.81. The van der Waals surface area contributed by atoms with E-state index in [1.165, 1.54) is 11.0 Å². The molecule has 0 spiro atoms. The Labute approximate surface area is 217 Å². The summed E-state index contributed by atoms with van der Waals surface area (Å²) in [6.07, 6.45) is 3.06. The molecule has 4 rings (SSSR count).